The van der Waals surface area contributed by atoms with E-state index in [1.54, 1.807) is 6.07 Å². The molecule has 3 N–H and O–H groups in total. The van der Waals surface area contributed by atoms with E-state index >= 15 is 0 Å². The minimum atomic E-state index is -0.427. The molecule has 1 aliphatic carbocycles. The van der Waals surface area contributed by atoms with Gasteiger partial charge < -0.3 is 15.5 Å². The average Bonchev–Trinajstić information content (AvgIpc) is 2.82. The van der Waals surface area contributed by atoms with Crippen molar-refractivity contribution in [3.05, 3.63) is 28.3 Å². The Hall–Kier alpha value is -2.15. The molecule has 0 bridgehead atoms. The number of nitrogens with zero attached hydrogens (tertiary/aromatic N) is 2. The summed E-state index contributed by atoms with van der Waals surface area (Å²) in [5.74, 6) is 0. The Morgan fingerprint density at radius 3 is 2.80 bits per heavy atom. The Morgan fingerprint density at radius 2 is 2.10 bits per heavy atom. The van der Waals surface area contributed by atoms with Crippen molar-refractivity contribution in [1.82, 2.24) is 9.97 Å². The molecule has 1 aromatic carbocycles. The zero-order chi connectivity index (χ0) is 14.1. The van der Waals surface area contributed by atoms with E-state index in [1.165, 1.54) is 12.1 Å². The number of ether oxygens (including phenoxy) is 1. The molecule has 1 fully saturated rings. The number of benzene rings is 1. The summed E-state index contributed by atoms with van der Waals surface area (Å²) < 4.78 is 5.80. The highest BCUT2D eigenvalue weighted by Crippen LogP contribution is 2.25. The number of hydrogen-bond donors (Lipinski definition) is 2. The normalized spacial score (nSPS) is 22.9. The molecule has 1 heterocycles. The van der Waals surface area contributed by atoms with Crippen molar-refractivity contribution in [2.24, 2.45) is 5.73 Å². The van der Waals surface area contributed by atoms with Crippen LogP contribution >= 0.6 is 0 Å². The van der Waals surface area contributed by atoms with Gasteiger partial charge in [0.1, 0.15) is 6.10 Å². The summed E-state index contributed by atoms with van der Waals surface area (Å²) in [4.78, 5) is 17.6. The van der Waals surface area contributed by atoms with Crippen molar-refractivity contribution < 1.29 is 9.66 Å². The van der Waals surface area contributed by atoms with E-state index in [-0.39, 0.29) is 17.8 Å². The van der Waals surface area contributed by atoms with Crippen LogP contribution in [0.4, 0.5) is 5.69 Å². The molecule has 106 valence electrons. The predicted octanol–water partition coefficient (Wildman–Crippen LogP) is 2.12. The molecule has 0 radical (unpaired) electrons. The van der Waals surface area contributed by atoms with Crippen LogP contribution in [-0.2, 0) is 0 Å². The third kappa shape index (κ3) is 2.57. The Kier molecular flexibility index (Phi) is 3.27. The van der Waals surface area contributed by atoms with Crippen molar-refractivity contribution in [2.75, 3.05) is 0 Å². The smallest absolute Gasteiger partial charge is 0.294 e. The van der Waals surface area contributed by atoms with Gasteiger partial charge in [-0.3, -0.25) is 10.1 Å². The number of nitrogens with one attached hydrogen (secondary N) is 1. The minimum Gasteiger partial charge on any atom is -0.461 e. The summed E-state index contributed by atoms with van der Waals surface area (Å²) in [5, 5.41) is 10.7. The molecular weight excluding hydrogens is 260 g/mol. The largest absolute Gasteiger partial charge is 0.461 e. The second-order valence-corrected chi connectivity index (χ2v) is 5.16. The number of non-ortho nitro benzene ring substituents is 1. The number of aromatic nitrogens is 2. The zero-order valence-electron chi connectivity index (χ0n) is 10.9. The molecule has 0 unspecified atom stereocenters. The first-order chi connectivity index (χ1) is 9.61. The first-order valence-corrected chi connectivity index (χ1v) is 6.68. The molecule has 1 aromatic heterocycles. The molecule has 20 heavy (non-hydrogen) atoms. The molecule has 2 aromatic rings. The van der Waals surface area contributed by atoms with E-state index in [2.05, 4.69) is 9.97 Å². The van der Waals surface area contributed by atoms with Crippen molar-refractivity contribution >= 4 is 16.7 Å². The van der Waals surface area contributed by atoms with Crippen molar-refractivity contribution in [3.8, 4) is 6.01 Å². The Labute approximate surface area is 115 Å². The van der Waals surface area contributed by atoms with Crippen LogP contribution in [0.25, 0.3) is 11.0 Å². The van der Waals surface area contributed by atoms with Crippen LogP contribution in [0.1, 0.15) is 25.7 Å². The quantitative estimate of drug-likeness (QED) is 0.659. The molecule has 0 saturated heterocycles. The number of H-pyrrole nitrogens is 1. The van der Waals surface area contributed by atoms with E-state index in [1.807, 2.05) is 0 Å². The maximum absolute atomic E-state index is 10.7. The summed E-state index contributed by atoms with van der Waals surface area (Å²) >= 11 is 0. The number of nitro benzene ring substituents is 1. The summed E-state index contributed by atoms with van der Waals surface area (Å²) in [5.41, 5.74) is 7.17. The molecule has 1 saturated carbocycles. The topological polar surface area (TPSA) is 107 Å². The summed E-state index contributed by atoms with van der Waals surface area (Å²) in [6, 6.07) is 5.21. The van der Waals surface area contributed by atoms with Gasteiger partial charge >= 0.3 is 0 Å². The first-order valence-electron chi connectivity index (χ1n) is 6.68. The number of aromatic amines is 1. The lowest BCUT2D eigenvalue weighted by molar-refractivity contribution is -0.384. The van der Waals surface area contributed by atoms with E-state index in [0.717, 1.165) is 25.7 Å². The standard InChI is InChI=1S/C13H16N4O3/c14-8-1-4-10(5-2-8)20-13-15-11-6-3-9(17(18)19)7-12(11)16-13/h3,6-8,10H,1-2,4-5,14H2,(H,15,16). The van der Waals surface area contributed by atoms with E-state index < -0.39 is 4.92 Å². The van der Waals surface area contributed by atoms with Gasteiger partial charge in [-0.1, -0.05) is 0 Å². The van der Waals surface area contributed by atoms with Crippen LogP contribution in [0.15, 0.2) is 18.2 Å². The third-order valence-corrected chi connectivity index (χ3v) is 3.65. The Bertz CT molecular complexity index is 632. The number of rotatable bonds is 3. The summed E-state index contributed by atoms with van der Waals surface area (Å²) in [6.07, 6.45) is 3.86. The number of nitrogens with two attached hydrogens (primary N) is 1. The molecule has 0 amide bonds. The molecule has 7 nitrogen and oxygen atoms in total. The number of hydrogen-bond acceptors (Lipinski definition) is 5. The molecule has 7 heteroatoms. The zero-order valence-corrected chi connectivity index (χ0v) is 10.9. The molecule has 1 aliphatic rings. The fraction of sp³-hybridized carbons (Fsp3) is 0.462. The van der Waals surface area contributed by atoms with E-state index in [9.17, 15) is 10.1 Å². The van der Waals surface area contributed by atoms with Crippen LogP contribution in [0.2, 0.25) is 0 Å². The van der Waals surface area contributed by atoms with E-state index in [4.69, 9.17) is 10.5 Å². The van der Waals surface area contributed by atoms with Gasteiger partial charge in [-0.2, -0.15) is 4.98 Å². The second-order valence-electron chi connectivity index (χ2n) is 5.16. The first kappa shape index (κ1) is 12.9. The predicted molar refractivity (Wildman–Crippen MR) is 73.6 cm³/mol. The van der Waals surface area contributed by atoms with E-state index in [0.29, 0.717) is 17.0 Å². The van der Waals surface area contributed by atoms with Crippen LogP contribution in [0, 0.1) is 10.1 Å². The summed E-state index contributed by atoms with van der Waals surface area (Å²) in [6.45, 7) is 0. The van der Waals surface area contributed by atoms with Gasteiger partial charge in [-0.25, -0.2) is 0 Å². The second kappa shape index (κ2) is 5.09. The van der Waals surface area contributed by atoms with Crippen LogP contribution < -0.4 is 10.5 Å². The van der Waals surface area contributed by atoms with Gasteiger partial charge in [0.2, 0.25) is 0 Å². The van der Waals surface area contributed by atoms with Gasteiger partial charge in [0.05, 0.1) is 16.0 Å². The van der Waals surface area contributed by atoms with Gasteiger partial charge in [-0.15, -0.1) is 0 Å². The van der Waals surface area contributed by atoms with Crippen LogP contribution in [-0.4, -0.2) is 27.0 Å². The van der Waals surface area contributed by atoms with Crippen LogP contribution in [0.5, 0.6) is 6.01 Å². The van der Waals surface area contributed by atoms with Gasteiger partial charge in [0.25, 0.3) is 11.7 Å². The molecular formula is C13H16N4O3. The highest BCUT2D eigenvalue weighted by Gasteiger charge is 2.21. The van der Waals surface area contributed by atoms with Crippen LogP contribution in [0.3, 0.4) is 0 Å². The highest BCUT2D eigenvalue weighted by atomic mass is 16.6. The number of nitro groups is 1. The lowest BCUT2D eigenvalue weighted by Gasteiger charge is -2.25. The monoisotopic (exact) mass is 276 g/mol. The van der Waals surface area contributed by atoms with Gasteiger partial charge in [0.15, 0.2) is 0 Å². The number of imidazole rings is 1. The van der Waals surface area contributed by atoms with Crippen molar-refractivity contribution in [3.63, 3.8) is 0 Å². The number of fused-ring (bicyclic) bond motifs is 1. The lowest BCUT2D eigenvalue weighted by atomic mass is 9.94. The molecule has 3 rings (SSSR count). The Balaban J connectivity index is 1.77. The summed E-state index contributed by atoms with van der Waals surface area (Å²) in [7, 11) is 0. The average molecular weight is 276 g/mol. The molecule has 0 aliphatic heterocycles. The fourth-order valence-corrected chi connectivity index (χ4v) is 2.51. The lowest BCUT2D eigenvalue weighted by Crippen LogP contribution is -2.31. The van der Waals surface area contributed by atoms with Gasteiger partial charge in [0, 0.05) is 18.2 Å². The van der Waals surface area contributed by atoms with Crippen molar-refractivity contribution in [1.29, 1.82) is 0 Å². The Morgan fingerprint density at radius 1 is 1.35 bits per heavy atom. The molecule has 0 atom stereocenters. The third-order valence-electron chi connectivity index (χ3n) is 3.65. The SMILES string of the molecule is NC1CCC(Oc2nc3ccc([N+](=O)[O-])cc3[nH]2)CC1. The highest BCUT2D eigenvalue weighted by molar-refractivity contribution is 5.78. The fourth-order valence-electron chi connectivity index (χ4n) is 2.51. The van der Waals surface area contributed by atoms with Gasteiger partial charge in [-0.05, 0) is 31.7 Å². The minimum absolute atomic E-state index is 0.0383. The van der Waals surface area contributed by atoms with Crippen molar-refractivity contribution in [2.45, 2.75) is 37.8 Å². The maximum Gasteiger partial charge on any atom is 0.294 e. The maximum atomic E-state index is 10.7. The molecule has 0 spiro atoms.